The van der Waals surface area contributed by atoms with Crippen molar-refractivity contribution in [3.63, 3.8) is 0 Å². The number of carbonyl (C=O) groups is 2. The molecule has 2 atom stereocenters. The Kier molecular flexibility index (Phi) is 3.45. The molecule has 0 radical (unpaired) electrons. The fraction of sp³-hybridized carbons (Fsp3) is 0.500. The van der Waals surface area contributed by atoms with E-state index in [1.807, 2.05) is 38.1 Å². The number of nitrogens with one attached hydrogen (secondary N) is 3. The van der Waals surface area contributed by atoms with Crippen LogP contribution in [0.25, 0.3) is 0 Å². The third-order valence-corrected chi connectivity index (χ3v) is 4.33. The molecule has 1 spiro atoms. The molecule has 3 rings (SSSR count). The van der Waals surface area contributed by atoms with Gasteiger partial charge in [0.1, 0.15) is 0 Å². The number of rotatable bonds is 2. The summed E-state index contributed by atoms with van der Waals surface area (Å²) in [7, 11) is 0. The number of fused-ring (bicyclic) bond motifs is 1. The molecule has 1 fully saturated rings. The lowest BCUT2D eigenvalue weighted by Gasteiger charge is -2.39. The molecule has 0 saturated carbocycles. The first-order chi connectivity index (χ1) is 10.0. The lowest BCUT2D eigenvalue weighted by Crippen LogP contribution is -2.62. The van der Waals surface area contributed by atoms with Gasteiger partial charge in [-0.2, -0.15) is 0 Å². The van der Waals surface area contributed by atoms with Gasteiger partial charge in [-0.3, -0.25) is 9.59 Å². The minimum Gasteiger partial charge on any atom is -0.354 e. The zero-order chi connectivity index (χ0) is 15.0. The van der Waals surface area contributed by atoms with E-state index < -0.39 is 5.54 Å². The van der Waals surface area contributed by atoms with Crippen LogP contribution in [0.1, 0.15) is 29.8 Å². The van der Waals surface area contributed by atoms with E-state index in [-0.39, 0.29) is 23.8 Å². The van der Waals surface area contributed by atoms with Gasteiger partial charge >= 0.3 is 0 Å². The third kappa shape index (κ3) is 2.42. The maximum Gasteiger partial charge on any atom is 0.252 e. The third-order valence-electron chi connectivity index (χ3n) is 4.33. The van der Waals surface area contributed by atoms with Crippen molar-refractivity contribution in [2.75, 3.05) is 13.1 Å². The van der Waals surface area contributed by atoms with E-state index in [1.54, 1.807) is 0 Å². The number of carbonyl (C=O) groups excluding carboxylic acids is 2. The van der Waals surface area contributed by atoms with Gasteiger partial charge in [0.05, 0.1) is 11.5 Å². The Hall–Kier alpha value is -1.88. The predicted octanol–water partition coefficient (Wildman–Crippen LogP) is 0.455. The maximum atomic E-state index is 12.4. The summed E-state index contributed by atoms with van der Waals surface area (Å²) in [4.78, 5) is 24.8. The summed E-state index contributed by atoms with van der Waals surface area (Å²) in [6.07, 6.45) is 0.693. The molecule has 2 aliphatic heterocycles. The summed E-state index contributed by atoms with van der Waals surface area (Å²) in [6, 6.07) is 7.72. The Bertz CT molecular complexity index is 585. The summed E-state index contributed by atoms with van der Waals surface area (Å²) in [5.74, 6) is -0.310. The number of benzene rings is 1. The largest absolute Gasteiger partial charge is 0.354 e. The van der Waals surface area contributed by atoms with E-state index in [0.29, 0.717) is 19.5 Å². The van der Waals surface area contributed by atoms with Gasteiger partial charge in [-0.05, 0) is 31.9 Å². The van der Waals surface area contributed by atoms with E-state index in [9.17, 15) is 9.59 Å². The molecule has 21 heavy (non-hydrogen) atoms. The van der Waals surface area contributed by atoms with E-state index >= 15 is 0 Å². The van der Waals surface area contributed by atoms with Crippen molar-refractivity contribution >= 4 is 11.8 Å². The summed E-state index contributed by atoms with van der Waals surface area (Å²) >= 11 is 0. The molecule has 0 unspecified atom stereocenters. The van der Waals surface area contributed by atoms with Gasteiger partial charge in [0, 0.05) is 24.7 Å². The van der Waals surface area contributed by atoms with Crippen LogP contribution in [0.15, 0.2) is 24.3 Å². The first-order valence-corrected chi connectivity index (χ1v) is 7.43. The van der Waals surface area contributed by atoms with Crippen LogP contribution < -0.4 is 16.0 Å². The maximum absolute atomic E-state index is 12.4. The second-order valence-electron chi connectivity index (χ2n) is 6.29. The standard InChI is InChI=1S/C16H21N3O2/c1-10(2)18-15(21)13-8-17-9-16(13)7-11-5-3-4-6-12(11)14(20)19-16/h3-6,10,13,17H,7-9H2,1-2H3,(H,18,21)(H,19,20)/t13-,16-/m0/s1. The molecule has 3 N–H and O–H groups in total. The highest BCUT2D eigenvalue weighted by Crippen LogP contribution is 2.32. The lowest BCUT2D eigenvalue weighted by molar-refractivity contribution is -0.126. The van der Waals surface area contributed by atoms with Gasteiger partial charge in [0.25, 0.3) is 5.91 Å². The monoisotopic (exact) mass is 287 g/mol. The van der Waals surface area contributed by atoms with Crippen LogP contribution in [-0.2, 0) is 11.2 Å². The first kappa shape index (κ1) is 14.1. The molecule has 1 aromatic rings. The molecule has 1 aromatic carbocycles. The second-order valence-corrected chi connectivity index (χ2v) is 6.29. The molecule has 0 aromatic heterocycles. The Morgan fingerprint density at radius 3 is 2.90 bits per heavy atom. The molecular formula is C16H21N3O2. The van der Waals surface area contributed by atoms with Crippen LogP contribution in [-0.4, -0.2) is 36.5 Å². The molecule has 5 heteroatoms. The van der Waals surface area contributed by atoms with E-state index in [2.05, 4.69) is 16.0 Å². The fourth-order valence-electron chi connectivity index (χ4n) is 3.38. The minimum atomic E-state index is -0.510. The van der Waals surface area contributed by atoms with Gasteiger partial charge in [-0.1, -0.05) is 18.2 Å². The van der Waals surface area contributed by atoms with Crippen LogP contribution in [0.3, 0.4) is 0 Å². The van der Waals surface area contributed by atoms with Gasteiger partial charge in [0.2, 0.25) is 5.91 Å². The molecule has 112 valence electrons. The molecule has 2 aliphatic rings. The quantitative estimate of drug-likeness (QED) is 0.740. The van der Waals surface area contributed by atoms with Crippen LogP contribution in [0.5, 0.6) is 0 Å². The molecular weight excluding hydrogens is 266 g/mol. The van der Waals surface area contributed by atoms with Gasteiger partial charge in [-0.15, -0.1) is 0 Å². The lowest BCUT2D eigenvalue weighted by atomic mass is 9.77. The Labute approximate surface area is 124 Å². The summed E-state index contributed by atoms with van der Waals surface area (Å²) in [5, 5.41) is 9.32. The highest BCUT2D eigenvalue weighted by Gasteiger charge is 2.50. The van der Waals surface area contributed by atoms with E-state index in [0.717, 1.165) is 11.1 Å². The summed E-state index contributed by atoms with van der Waals surface area (Å²) in [5.41, 5.74) is 1.23. The zero-order valence-electron chi connectivity index (χ0n) is 12.4. The summed E-state index contributed by atoms with van der Waals surface area (Å²) in [6.45, 7) is 5.12. The highest BCUT2D eigenvalue weighted by molar-refractivity contribution is 5.98. The fourth-order valence-corrected chi connectivity index (χ4v) is 3.38. The molecule has 2 heterocycles. The Balaban J connectivity index is 1.91. The second kappa shape index (κ2) is 5.15. The molecule has 5 nitrogen and oxygen atoms in total. The summed E-state index contributed by atoms with van der Waals surface area (Å²) < 4.78 is 0. The average Bonchev–Trinajstić information content (AvgIpc) is 2.81. The van der Waals surface area contributed by atoms with Gasteiger partial charge < -0.3 is 16.0 Å². The van der Waals surface area contributed by atoms with Gasteiger partial charge in [-0.25, -0.2) is 0 Å². The van der Waals surface area contributed by atoms with Crippen molar-refractivity contribution in [3.05, 3.63) is 35.4 Å². The topological polar surface area (TPSA) is 70.2 Å². The molecule has 0 aliphatic carbocycles. The number of hydrogen-bond acceptors (Lipinski definition) is 3. The Morgan fingerprint density at radius 1 is 1.38 bits per heavy atom. The zero-order valence-corrected chi connectivity index (χ0v) is 12.4. The number of amides is 2. The van der Waals surface area contributed by atoms with Crippen LogP contribution in [0.4, 0.5) is 0 Å². The van der Waals surface area contributed by atoms with Crippen LogP contribution >= 0.6 is 0 Å². The predicted molar refractivity (Wildman–Crippen MR) is 80.0 cm³/mol. The smallest absolute Gasteiger partial charge is 0.252 e. The normalized spacial score (nSPS) is 27.6. The van der Waals surface area contributed by atoms with Crippen LogP contribution in [0.2, 0.25) is 0 Å². The highest BCUT2D eigenvalue weighted by atomic mass is 16.2. The minimum absolute atomic E-state index is 0.00896. The number of hydrogen-bond donors (Lipinski definition) is 3. The first-order valence-electron chi connectivity index (χ1n) is 7.43. The molecule has 2 amide bonds. The molecule has 0 bridgehead atoms. The average molecular weight is 287 g/mol. The van der Waals surface area contributed by atoms with Crippen LogP contribution in [0, 0.1) is 5.92 Å². The van der Waals surface area contributed by atoms with E-state index in [4.69, 9.17) is 0 Å². The Morgan fingerprint density at radius 2 is 2.14 bits per heavy atom. The van der Waals surface area contributed by atoms with Crippen molar-refractivity contribution in [2.24, 2.45) is 5.92 Å². The van der Waals surface area contributed by atoms with Crippen molar-refractivity contribution in [3.8, 4) is 0 Å². The van der Waals surface area contributed by atoms with E-state index in [1.165, 1.54) is 0 Å². The van der Waals surface area contributed by atoms with Crippen molar-refractivity contribution in [1.82, 2.24) is 16.0 Å². The SMILES string of the molecule is CC(C)NC(=O)[C@@H]1CNC[C@@]12Cc1ccccc1C(=O)N2. The molecule has 1 saturated heterocycles. The van der Waals surface area contributed by atoms with Crippen molar-refractivity contribution < 1.29 is 9.59 Å². The van der Waals surface area contributed by atoms with Gasteiger partial charge in [0.15, 0.2) is 0 Å². The van der Waals surface area contributed by atoms with Crippen molar-refractivity contribution in [1.29, 1.82) is 0 Å². The van der Waals surface area contributed by atoms with Crippen molar-refractivity contribution in [2.45, 2.75) is 31.8 Å².